The Bertz CT molecular complexity index is 719. The molecular weight excluding hydrogens is 370 g/mol. The summed E-state index contributed by atoms with van der Waals surface area (Å²) in [4.78, 5) is 2.55. The second-order valence-electron chi connectivity index (χ2n) is 11.4. The summed E-state index contributed by atoms with van der Waals surface area (Å²) < 4.78 is 12.0. The quantitative estimate of drug-likeness (QED) is 0.644. The lowest BCUT2D eigenvalue weighted by Gasteiger charge is -2.68. The molecule has 5 aliphatic carbocycles. The van der Waals surface area contributed by atoms with Gasteiger partial charge in [0.25, 0.3) is 0 Å². The Hall–Kier alpha value is -0.240. The first-order chi connectivity index (χ1) is 13.8. The van der Waals surface area contributed by atoms with Crippen molar-refractivity contribution in [2.24, 2.45) is 40.4 Å². The number of fused-ring (bicyclic) bond motifs is 2. The normalized spacial score (nSPS) is 65.1. The molecule has 1 saturated heterocycles. The topological polar surface area (TPSA) is 82.4 Å². The van der Waals surface area contributed by atoms with Crippen LogP contribution in [0.15, 0.2) is 0 Å². The molecule has 0 radical (unpaired) electrons. The fourth-order valence-electron chi connectivity index (χ4n) is 10.5. The Kier molecular flexibility index (Phi) is 3.86. The van der Waals surface area contributed by atoms with Crippen LogP contribution in [0.5, 0.6) is 0 Å². The molecule has 3 N–H and O–H groups in total. The van der Waals surface area contributed by atoms with Gasteiger partial charge >= 0.3 is 0 Å². The molecule has 164 valence electrons. The highest BCUT2D eigenvalue weighted by Crippen LogP contribution is 2.78. The van der Waals surface area contributed by atoms with Crippen LogP contribution in [-0.4, -0.2) is 83.6 Å². The number of hydrogen-bond donors (Lipinski definition) is 3. The van der Waals surface area contributed by atoms with E-state index in [-0.39, 0.29) is 58.7 Å². The van der Waals surface area contributed by atoms with Crippen LogP contribution in [-0.2, 0) is 9.47 Å². The third kappa shape index (κ3) is 1.85. The maximum atomic E-state index is 12.3. The van der Waals surface area contributed by atoms with Crippen LogP contribution < -0.4 is 0 Å². The van der Waals surface area contributed by atoms with E-state index >= 15 is 0 Å². The predicted octanol–water partition coefficient (Wildman–Crippen LogP) is 0.876. The van der Waals surface area contributed by atoms with Crippen molar-refractivity contribution in [2.45, 2.75) is 75.6 Å². The number of likely N-dealkylation sites (tertiary alicyclic amines) is 1. The Labute approximate surface area is 173 Å². The van der Waals surface area contributed by atoms with Crippen LogP contribution in [0.4, 0.5) is 0 Å². The van der Waals surface area contributed by atoms with Gasteiger partial charge in [0.05, 0.1) is 30.0 Å². The summed E-state index contributed by atoms with van der Waals surface area (Å²) in [5, 5.41) is 35.5. The molecule has 1 spiro atoms. The monoisotopic (exact) mass is 407 g/mol. The van der Waals surface area contributed by atoms with Gasteiger partial charge in [-0.25, -0.2) is 0 Å². The number of aliphatic hydroxyl groups is 3. The Morgan fingerprint density at radius 1 is 1.10 bits per heavy atom. The van der Waals surface area contributed by atoms with Crippen molar-refractivity contribution in [3.63, 3.8) is 0 Å². The molecule has 0 aromatic carbocycles. The largest absolute Gasteiger partial charge is 0.392 e. The predicted molar refractivity (Wildman–Crippen MR) is 106 cm³/mol. The summed E-state index contributed by atoms with van der Waals surface area (Å²) >= 11 is 0. The van der Waals surface area contributed by atoms with E-state index in [1.807, 2.05) is 7.11 Å². The third-order valence-electron chi connectivity index (χ3n) is 10.9. The van der Waals surface area contributed by atoms with E-state index < -0.39 is 17.8 Å². The van der Waals surface area contributed by atoms with Crippen LogP contribution in [0.25, 0.3) is 0 Å². The Morgan fingerprint density at radius 3 is 2.52 bits per heavy atom. The van der Waals surface area contributed by atoms with Gasteiger partial charge in [0, 0.05) is 62.3 Å². The SMILES string of the molecule is CCN1C[C@]2(C)CC[C@H](OC)[C@@]34[C@@H]5C[C@H]6[C@H](O)[C@@H]5[C@](O)(C[C@@H]6OC)[C@@H]([C@@H](O)[C@H]23)[C@@H]14. The minimum atomic E-state index is -1.08. The number of aliphatic hydroxyl groups excluding tert-OH is 2. The first-order valence-corrected chi connectivity index (χ1v) is 11.7. The van der Waals surface area contributed by atoms with Gasteiger partial charge in [0.2, 0.25) is 0 Å². The molecule has 6 heteroatoms. The zero-order chi connectivity index (χ0) is 20.5. The van der Waals surface area contributed by atoms with Crippen LogP contribution >= 0.6 is 0 Å². The summed E-state index contributed by atoms with van der Waals surface area (Å²) in [6.45, 7) is 6.47. The molecule has 0 unspecified atom stereocenters. The highest BCUT2D eigenvalue weighted by atomic mass is 16.5. The molecule has 1 aliphatic heterocycles. The molecule has 6 nitrogen and oxygen atoms in total. The maximum Gasteiger partial charge on any atom is 0.0796 e. The first-order valence-electron chi connectivity index (χ1n) is 11.7. The van der Waals surface area contributed by atoms with Crippen molar-refractivity contribution < 1.29 is 24.8 Å². The van der Waals surface area contributed by atoms with Gasteiger partial charge in [-0.2, -0.15) is 0 Å². The average molecular weight is 408 g/mol. The molecule has 0 aromatic heterocycles. The van der Waals surface area contributed by atoms with E-state index in [2.05, 4.69) is 18.7 Å². The second-order valence-corrected chi connectivity index (χ2v) is 11.4. The van der Waals surface area contributed by atoms with Crippen LogP contribution in [0.2, 0.25) is 0 Å². The van der Waals surface area contributed by atoms with E-state index in [0.29, 0.717) is 6.42 Å². The lowest BCUT2D eigenvalue weighted by molar-refractivity contribution is -0.270. The first kappa shape index (κ1) is 19.4. The smallest absolute Gasteiger partial charge is 0.0796 e. The van der Waals surface area contributed by atoms with Gasteiger partial charge in [-0.1, -0.05) is 13.8 Å². The number of hydrogen-bond acceptors (Lipinski definition) is 6. The minimum Gasteiger partial charge on any atom is -0.392 e. The van der Waals surface area contributed by atoms with Gasteiger partial charge in [-0.05, 0) is 37.1 Å². The minimum absolute atomic E-state index is 0.0222. The van der Waals surface area contributed by atoms with Gasteiger partial charge in [0.1, 0.15) is 0 Å². The lowest BCUT2D eigenvalue weighted by Crippen LogP contribution is -2.75. The maximum absolute atomic E-state index is 12.3. The Balaban J connectivity index is 1.63. The van der Waals surface area contributed by atoms with Crippen molar-refractivity contribution in [3.05, 3.63) is 0 Å². The molecule has 6 rings (SSSR count). The molecule has 5 saturated carbocycles. The number of nitrogens with zero attached hydrogens (tertiary/aromatic N) is 1. The second kappa shape index (κ2) is 5.76. The van der Waals surface area contributed by atoms with E-state index in [0.717, 1.165) is 32.4 Å². The summed E-state index contributed by atoms with van der Waals surface area (Å²) in [5.74, 6) is -0.0788. The van der Waals surface area contributed by atoms with E-state index in [9.17, 15) is 15.3 Å². The fourth-order valence-corrected chi connectivity index (χ4v) is 10.5. The number of piperidine rings is 1. The van der Waals surface area contributed by atoms with Crippen molar-refractivity contribution in [1.82, 2.24) is 4.90 Å². The summed E-state index contributed by atoms with van der Waals surface area (Å²) in [6.07, 6.45) is 2.25. The van der Waals surface area contributed by atoms with Crippen LogP contribution in [0.3, 0.4) is 0 Å². The molecule has 13 atom stereocenters. The van der Waals surface area contributed by atoms with Gasteiger partial charge in [-0.15, -0.1) is 0 Å². The molecule has 6 fully saturated rings. The van der Waals surface area contributed by atoms with E-state index in [4.69, 9.17) is 9.47 Å². The van der Waals surface area contributed by atoms with Crippen molar-refractivity contribution in [2.75, 3.05) is 27.3 Å². The number of methoxy groups -OCH3 is 2. The zero-order valence-electron chi connectivity index (χ0n) is 18.1. The van der Waals surface area contributed by atoms with Gasteiger partial charge in [-0.3, -0.25) is 4.90 Å². The fraction of sp³-hybridized carbons (Fsp3) is 1.00. The summed E-state index contributed by atoms with van der Waals surface area (Å²) in [5.41, 5.74) is -1.26. The standard InChI is InChI=1S/C23H37NO5/c1-5-24-10-21(2)7-6-14(29-4)23-12-8-11-13(28-3)9-22(27,15(12)17(11)25)16(20(23)24)18(26)19(21)23/h11-20,25-27H,5-10H2,1-4H3/t11-,12-,13+,14+,15-,16+,17+,18-,19-,20-,21+,22-,23+/m1/s1. The van der Waals surface area contributed by atoms with Crippen molar-refractivity contribution in [1.29, 1.82) is 0 Å². The lowest BCUT2D eigenvalue weighted by atomic mass is 9.43. The molecular formula is C23H37NO5. The number of ether oxygens (including phenoxy) is 2. The molecule has 29 heavy (non-hydrogen) atoms. The highest BCUT2D eigenvalue weighted by molar-refractivity contribution is 5.35. The van der Waals surface area contributed by atoms with Crippen LogP contribution in [0, 0.1) is 40.4 Å². The van der Waals surface area contributed by atoms with Crippen LogP contribution in [0.1, 0.15) is 39.5 Å². The van der Waals surface area contributed by atoms with E-state index in [1.165, 1.54) is 0 Å². The third-order valence-corrected chi connectivity index (χ3v) is 10.9. The highest BCUT2D eigenvalue weighted by Gasteiger charge is 2.85. The molecule has 1 heterocycles. The van der Waals surface area contributed by atoms with Crippen molar-refractivity contribution in [3.8, 4) is 0 Å². The average Bonchev–Trinajstić information content (AvgIpc) is 3.08. The molecule has 0 amide bonds. The summed E-state index contributed by atoms with van der Waals surface area (Å²) in [6, 6.07) is 0.110. The van der Waals surface area contributed by atoms with E-state index in [1.54, 1.807) is 7.11 Å². The zero-order valence-corrected chi connectivity index (χ0v) is 18.1. The molecule has 0 aromatic rings. The number of rotatable bonds is 3. The van der Waals surface area contributed by atoms with Crippen molar-refractivity contribution >= 4 is 0 Å². The van der Waals surface area contributed by atoms with Gasteiger partial charge in [0.15, 0.2) is 0 Å². The summed E-state index contributed by atoms with van der Waals surface area (Å²) in [7, 11) is 3.52. The molecule has 7 bridgehead atoms. The molecule has 6 aliphatic rings. The Morgan fingerprint density at radius 2 is 1.86 bits per heavy atom. The van der Waals surface area contributed by atoms with Gasteiger partial charge < -0.3 is 24.8 Å².